The summed E-state index contributed by atoms with van der Waals surface area (Å²) in [4.78, 5) is 0.389. The third kappa shape index (κ3) is 3.49. The summed E-state index contributed by atoms with van der Waals surface area (Å²) in [7, 11) is 1.76. The van der Waals surface area contributed by atoms with Crippen molar-refractivity contribution in [1.29, 1.82) is 0 Å². The molecule has 2 rings (SSSR count). The highest BCUT2D eigenvalue weighted by atomic mass is 32.1. The Balaban J connectivity index is 2.29. The molecule has 1 saturated carbocycles. The number of nitrogens with zero attached hydrogens (tertiary/aromatic N) is 2. The minimum Gasteiger partial charge on any atom is -0.389 e. The molecule has 21 heavy (non-hydrogen) atoms. The Bertz CT molecular complexity index is 521. The Morgan fingerprint density at radius 1 is 1.33 bits per heavy atom. The van der Waals surface area contributed by atoms with Crippen molar-refractivity contribution in [1.82, 2.24) is 10.2 Å². The molecular formula is C15H24N4OS. The lowest BCUT2D eigenvalue weighted by atomic mass is 10.0. The number of nitrogens with two attached hydrogens (primary N) is 1. The van der Waals surface area contributed by atoms with E-state index in [-0.39, 0.29) is 0 Å². The Morgan fingerprint density at radius 3 is 2.62 bits per heavy atom. The molecule has 1 fully saturated rings. The van der Waals surface area contributed by atoms with Crippen molar-refractivity contribution in [2.45, 2.75) is 58.1 Å². The van der Waals surface area contributed by atoms with Crippen molar-refractivity contribution in [3.8, 4) is 0 Å². The maximum Gasteiger partial charge on any atom is 0.159 e. The van der Waals surface area contributed by atoms with Gasteiger partial charge in [0.1, 0.15) is 4.99 Å². The zero-order valence-corrected chi connectivity index (χ0v) is 13.8. The molecule has 1 aliphatic carbocycles. The molecule has 2 atom stereocenters. The van der Waals surface area contributed by atoms with E-state index in [9.17, 15) is 0 Å². The van der Waals surface area contributed by atoms with Crippen LogP contribution in [0.1, 0.15) is 49.9 Å². The van der Waals surface area contributed by atoms with Gasteiger partial charge >= 0.3 is 0 Å². The number of ether oxygens (including phenoxy) is 1. The quantitative estimate of drug-likeness (QED) is 0.785. The van der Waals surface area contributed by atoms with Crippen molar-refractivity contribution in [2.24, 2.45) is 5.73 Å². The second-order valence-corrected chi connectivity index (χ2v) is 5.87. The van der Waals surface area contributed by atoms with Gasteiger partial charge in [-0.2, -0.15) is 5.10 Å². The van der Waals surface area contributed by atoms with Crippen LogP contribution in [0.5, 0.6) is 0 Å². The molecule has 1 aromatic heterocycles. The van der Waals surface area contributed by atoms with Crippen molar-refractivity contribution in [3.63, 3.8) is 0 Å². The number of anilines is 1. The van der Waals surface area contributed by atoms with Crippen LogP contribution >= 0.6 is 12.2 Å². The molecule has 0 bridgehead atoms. The van der Waals surface area contributed by atoms with Crippen molar-refractivity contribution >= 4 is 23.0 Å². The smallest absolute Gasteiger partial charge is 0.159 e. The second-order valence-electron chi connectivity index (χ2n) is 5.43. The van der Waals surface area contributed by atoms with Gasteiger partial charge in [0.25, 0.3) is 0 Å². The molecule has 1 aromatic rings. The molecule has 1 aliphatic rings. The first kappa shape index (κ1) is 16.1. The van der Waals surface area contributed by atoms with Crippen LogP contribution in [-0.4, -0.2) is 34.4 Å². The van der Waals surface area contributed by atoms with Gasteiger partial charge in [-0.25, -0.2) is 0 Å². The van der Waals surface area contributed by atoms with Crippen LogP contribution in [0.4, 0.5) is 5.82 Å². The molecule has 0 aromatic carbocycles. The predicted octanol–water partition coefficient (Wildman–Crippen LogP) is 2.21. The zero-order chi connectivity index (χ0) is 15.4. The van der Waals surface area contributed by atoms with Gasteiger partial charge in [-0.05, 0) is 37.7 Å². The molecule has 6 heteroatoms. The van der Waals surface area contributed by atoms with E-state index in [1.807, 2.05) is 0 Å². The largest absolute Gasteiger partial charge is 0.389 e. The number of aromatic nitrogens is 2. The molecule has 0 amide bonds. The minimum atomic E-state index is 0.323. The fourth-order valence-corrected chi connectivity index (χ4v) is 3.24. The monoisotopic (exact) mass is 308 g/mol. The van der Waals surface area contributed by atoms with Gasteiger partial charge in [-0.15, -0.1) is 5.10 Å². The average Bonchev–Trinajstić information content (AvgIpc) is 2.93. The van der Waals surface area contributed by atoms with Crippen LogP contribution in [-0.2, 0) is 17.6 Å². The van der Waals surface area contributed by atoms with E-state index in [4.69, 9.17) is 22.7 Å². The Labute approximate surface area is 131 Å². The Kier molecular flexibility index (Phi) is 5.47. The van der Waals surface area contributed by atoms with Crippen LogP contribution in [0.2, 0.25) is 0 Å². The SMILES string of the molecule is CCc1nnc(NC2CCC(OC)C2)c(C(N)=S)c1CC. The zero-order valence-electron chi connectivity index (χ0n) is 13.0. The first-order valence-corrected chi connectivity index (χ1v) is 7.99. The lowest BCUT2D eigenvalue weighted by Gasteiger charge is -2.19. The number of hydrogen-bond acceptors (Lipinski definition) is 5. The maximum absolute atomic E-state index is 5.94. The topological polar surface area (TPSA) is 73.1 Å². The van der Waals surface area contributed by atoms with Crippen molar-refractivity contribution in [3.05, 3.63) is 16.8 Å². The average molecular weight is 308 g/mol. The van der Waals surface area contributed by atoms with Crippen LogP contribution in [0.15, 0.2) is 0 Å². The molecule has 1 heterocycles. The van der Waals surface area contributed by atoms with E-state index < -0.39 is 0 Å². The lowest BCUT2D eigenvalue weighted by molar-refractivity contribution is 0.108. The molecule has 116 valence electrons. The standard InChI is InChI=1S/C15H24N4OS/c1-4-11-12(5-2)18-19-15(13(11)14(16)21)17-9-6-7-10(8-9)20-3/h9-10H,4-8H2,1-3H3,(H2,16,21)(H,17,19). The van der Waals surface area contributed by atoms with Gasteiger partial charge in [-0.3, -0.25) is 0 Å². The van der Waals surface area contributed by atoms with E-state index in [0.29, 0.717) is 17.1 Å². The fourth-order valence-electron chi connectivity index (χ4n) is 3.02. The minimum absolute atomic E-state index is 0.323. The lowest BCUT2D eigenvalue weighted by Crippen LogP contribution is -2.24. The molecular weight excluding hydrogens is 284 g/mol. The summed E-state index contributed by atoms with van der Waals surface area (Å²) in [6.45, 7) is 4.16. The van der Waals surface area contributed by atoms with Gasteiger partial charge < -0.3 is 15.8 Å². The van der Waals surface area contributed by atoms with Crippen LogP contribution in [0, 0.1) is 0 Å². The highest BCUT2D eigenvalue weighted by Crippen LogP contribution is 2.27. The number of rotatable bonds is 6. The fraction of sp³-hybridized carbons (Fsp3) is 0.667. The van der Waals surface area contributed by atoms with Crippen LogP contribution in [0.3, 0.4) is 0 Å². The van der Waals surface area contributed by atoms with E-state index in [1.54, 1.807) is 7.11 Å². The third-order valence-electron chi connectivity index (χ3n) is 4.15. The van der Waals surface area contributed by atoms with E-state index in [0.717, 1.165) is 54.7 Å². The summed E-state index contributed by atoms with van der Waals surface area (Å²) >= 11 is 5.24. The number of thiocarbonyl (C=S) groups is 1. The number of aryl methyl sites for hydroxylation is 1. The molecule has 0 spiro atoms. The third-order valence-corrected chi connectivity index (χ3v) is 4.36. The van der Waals surface area contributed by atoms with Gasteiger partial charge in [0, 0.05) is 13.2 Å². The molecule has 0 radical (unpaired) electrons. The number of methoxy groups -OCH3 is 1. The number of hydrogen-bond donors (Lipinski definition) is 2. The Morgan fingerprint density at radius 2 is 2.10 bits per heavy atom. The second kappa shape index (κ2) is 7.13. The van der Waals surface area contributed by atoms with Crippen LogP contribution < -0.4 is 11.1 Å². The van der Waals surface area contributed by atoms with E-state index >= 15 is 0 Å². The molecule has 0 saturated heterocycles. The van der Waals surface area contributed by atoms with Crippen LogP contribution in [0.25, 0.3) is 0 Å². The van der Waals surface area contributed by atoms with E-state index in [2.05, 4.69) is 29.4 Å². The summed E-state index contributed by atoms with van der Waals surface area (Å²) in [5.74, 6) is 0.721. The summed E-state index contributed by atoms with van der Waals surface area (Å²) in [5.41, 5.74) is 8.90. The Hall–Kier alpha value is -1.27. The normalized spacial score (nSPS) is 21.5. The number of nitrogens with one attached hydrogen (secondary N) is 1. The summed E-state index contributed by atoms with van der Waals surface area (Å²) in [6.07, 6.45) is 5.12. The van der Waals surface area contributed by atoms with Gasteiger partial charge in [0.15, 0.2) is 5.82 Å². The van der Waals surface area contributed by atoms with Gasteiger partial charge in [0.05, 0.1) is 17.4 Å². The highest BCUT2D eigenvalue weighted by Gasteiger charge is 2.26. The predicted molar refractivity (Wildman–Crippen MR) is 88.7 cm³/mol. The molecule has 0 aliphatic heterocycles. The van der Waals surface area contributed by atoms with E-state index in [1.165, 1.54) is 0 Å². The molecule has 5 nitrogen and oxygen atoms in total. The van der Waals surface area contributed by atoms with Crippen molar-refractivity contribution in [2.75, 3.05) is 12.4 Å². The van der Waals surface area contributed by atoms with Crippen molar-refractivity contribution < 1.29 is 4.74 Å². The van der Waals surface area contributed by atoms with Gasteiger partial charge in [0.2, 0.25) is 0 Å². The van der Waals surface area contributed by atoms with Gasteiger partial charge in [-0.1, -0.05) is 26.1 Å². The molecule has 2 unspecified atom stereocenters. The first-order valence-electron chi connectivity index (χ1n) is 7.58. The maximum atomic E-state index is 5.94. The summed E-state index contributed by atoms with van der Waals surface area (Å²) in [5, 5.41) is 12.1. The summed E-state index contributed by atoms with van der Waals surface area (Å²) in [6, 6.07) is 0.342. The highest BCUT2D eigenvalue weighted by molar-refractivity contribution is 7.80. The molecule has 3 N–H and O–H groups in total. The first-order chi connectivity index (χ1) is 10.1. The summed E-state index contributed by atoms with van der Waals surface area (Å²) < 4.78 is 5.41.